The van der Waals surface area contributed by atoms with E-state index >= 15 is 0 Å². The van der Waals surface area contributed by atoms with E-state index in [9.17, 15) is 4.79 Å². The zero-order chi connectivity index (χ0) is 18.1. The number of aryl methyl sites for hydroxylation is 2. The third-order valence-electron chi connectivity index (χ3n) is 5.29. The van der Waals surface area contributed by atoms with Gasteiger partial charge in [0, 0.05) is 30.9 Å². The van der Waals surface area contributed by atoms with Gasteiger partial charge in [0.2, 0.25) is 5.91 Å². The summed E-state index contributed by atoms with van der Waals surface area (Å²) in [5.74, 6) is 0.751. The summed E-state index contributed by atoms with van der Waals surface area (Å²) in [6.07, 6.45) is 2.70. The Balaban J connectivity index is 1.73. The lowest BCUT2D eigenvalue weighted by Gasteiger charge is -2.23. The van der Waals surface area contributed by atoms with Crippen molar-refractivity contribution in [2.75, 3.05) is 0 Å². The molecule has 1 aromatic heterocycles. The van der Waals surface area contributed by atoms with Crippen molar-refractivity contribution in [3.05, 3.63) is 52.3 Å². The van der Waals surface area contributed by atoms with Crippen molar-refractivity contribution in [3.8, 4) is 0 Å². The summed E-state index contributed by atoms with van der Waals surface area (Å²) in [5.41, 5.74) is 5.68. The largest absolute Gasteiger partial charge is 0.335 e. The maximum Gasteiger partial charge on any atom is 0.227 e. The van der Waals surface area contributed by atoms with Crippen LogP contribution in [0, 0.1) is 13.8 Å². The molecule has 25 heavy (non-hydrogen) atoms. The highest BCUT2D eigenvalue weighted by Crippen LogP contribution is 2.30. The molecule has 1 heterocycles. The Hall–Kier alpha value is -2.10. The average Bonchev–Trinajstić information content (AvgIpc) is 3.38. The molecule has 1 aliphatic carbocycles. The Bertz CT molecular complexity index is 754. The average molecular weight is 339 g/mol. The van der Waals surface area contributed by atoms with Crippen molar-refractivity contribution in [1.82, 2.24) is 14.7 Å². The number of hydrogen-bond acceptors (Lipinski definition) is 2. The van der Waals surface area contributed by atoms with E-state index in [1.54, 1.807) is 0 Å². The van der Waals surface area contributed by atoms with Crippen molar-refractivity contribution >= 4 is 5.91 Å². The van der Waals surface area contributed by atoms with E-state index in [0.717, 1.165) is 29.8 Å². The SMILES string of the molecule is Cc1nn(C)c(C)c1CC(=O)N(Cc1ccc(C(C)C)cc1)C1CC1. The van der Waals surface area contributed by atoms with Crippen LogP contribution in [-0.2, 0) is 24.8 Å². The summed E-state index contributed by atoms with van der Waals surface area (Å²) >= 11 is 0. The van der Waals surface area contributed by atoms with Gasteiger partial charge >= 0.3 is 0 Å². The van der Waals surface area contributed by atoms with Crippen LogP contribution in [0.15, 0.2) is 24.3 Å². The second-order valence-corrected chi connectivity index (χ2v) is 7.60. The molecule has 1 saturated carbocycles. The first-order valence-corrected chi connectivity index (χ1v) is 9.24. The second kappa shape index (κ2) is 7.03. The minimum atomic E-state index is 0.217. The minimum Gasteiger partial charge on any atom is -0.335 e. The first kappa shape index (κ1) is 17.7. The Labute approximate surface area is 150 Å². The number of rotatable bonds is 6. The summed E-state index contributed by atoms with van der Waals surface area (Å²) in [6, 6.07) is 9.11. The molecule has 0 bridgehead atoms. The van der Waals surface area contributed by atoms with Crippen LogP contribution < -0.4 is 0 Å². The van der Waals surface area contributed by atoms with Crippen LogP contribution in [0.5, 0.6) is 0 Å². The summed E-state index contributed by atoms with van der Waals surface area (Å²) in [7, 11) is 1.94. The zero-order valence-corrected chi connectivity index (χ0v) is 16.0. The molecule has 0 atom stereocenters. The summed E-state index contributed by atoms with van der Waals surface area (Å²) in [5, 5.41) is 4.44. The van der Waals surface area contributed by atoms with Gasteiger partial charge in [0.25, 0.3) is 0 Å². The van der Waals surface area contributed by atoms with Crippen LogP contribution in [0.4, 0.5) is 0 Å². The maximum absolute atomic E-state index is 13.0. The van der Waals surface area contributed by atoms with Gasteiger partial charge in [-0.15, -0.1) is 0 Å². The predicted octanol–water partition coefficient (Wildman–Crippen LogP) is 3.89. The highest BCUT2D eigenvalue weighted by atomic mass is 16.2. The fraction of sp³-hybridized carbons (Fsp3) is 0.524. The van der Waals surface area contributed by atoms with Gasteiger partial charge in [0.05, 0.1) is 12.1 Å². The van der Waals surface area contributed by atoms with Crippen LogP contribution in [0.2, 0.25) is 0 Å². The summed E-state index contributed by atoms with van der Waals surface area (Å²) in [4.78, 5) is 15.0. The van der Waals surface area contributed by atoms with Crippen molar-refractivity contribution in [1.29, 1.82) is 0 Å². The lowest BCUT2D eigenvalue weighted by atomic mass is 10.0. The van der Waals surface area contributed by atoms with Gasteiger partial charge in [-0.25, -0.2) is 0 Å². The number of benzene rings is 1. The van der Waals surface area contributed by atoms with Gasteiger partial charge in [-0.05, 0) is 43.7 Å². The first-order chi connectivity index (χ1) is 11.9. The molecule has 4 nitrogen and oxygen atoms in total. The number of hydrogen-bond donors (Lipinski definition) is 0. The van der Waals surface area contributed by atoms with Crippen molar-refractivity contribution in [2.45, 2.75) is 65.5 Å². The third kappa shape index (κ3) is 3.94. The molecule has 2 aromatic rings. The molecule has 0 aliphatic heterocycles. The quantitative estimate of drug-likeness (QED) is 0.801. The van der Waals surface area contributed by atoms with Crippen molar-refractivity contribution in [2.24, 2.45) is 7.05 Å². The lowest BCUT2D eigenvalue weighted by Crippen LogP contribution is -2.34. The highest BCUT2D eigenvalue weighted by molar-refractivity contribution is 5.80. The Kier molecular flexibility index (Phi) is 4.98. The standard InChI is InChI=1S/C21H29N3O/c1-14(2)18-8-6-17(7-9-18)13-24(19-10-11-19)21(25)12-20-15(3)22-23(5)16(20)4/h6-9,14,19H,10-13H2,1-5H3. The highest BCUT2D eigenvalue weighted by Gasteiger charge is 2.33. The van der Waals surface area contributed by atoms with Crippen molar-refractivity contribution in [3.63, 3.8) is 0 Å². The predicted molar refractivity (Wildman–Crippen MR) is 100 cm³/mol. The fourth-order valence-electron chi connectivity index (χ4n) is 3.34. The van der Waals surface area contributed by atoms with Gasteiger partial charge in [-0.2, -0.15) is 5.10 Å². The molecule has 0 unspecified atom stereocenters. The van der Waals surface area contributed by atoms with Crippen LogP contribution in [0.1, 0.15) is 60.7 Å². The molecule has 0 N–H and O–H groups in total. The molecule has 0 saturated heterocycles. The van der Waals surface area contributed by atoms with E-state index in [-0.39, 0.29) is 5.91 Å². The topological polar surface area (TPSA) is 38.1 Å². The van der Waals surface area contributed by atoms with E-state index in [2.05, 4.69) is 48.1 Å². The molecule has 3 rings (SSSR count). The smallest absolute Gasteiger partial charge is 0.227 e. The number of carbonyl (C=O) groups excluding carboxylic acids is 1. The number of amides is 1. The van der Waals surface area contributed by atoms with Crippen molar-refractivity contribution < 1.29 is 4.79 Å². The van der Waals surface area contributed by atoms with Crippen LogP contribution in [-0.4, -0.2) is 26.6 Å². The van der Waals surface area contributed by atoms with Gasteiger partial charge < -0.3 is 4.90 Å². The third-order valence-corrected chi connectivity index (χ3v) is 5.29. The number of nitrogens with zero attached hydrogens (tertiary/aromatic N) is 3. The van der Waals surface area contributed by atoms with Gasteiger partial charge in [0.15, 0.2) is 0 Å². The molecular formula is C21H29N3O. The summed E-state index contributed by atoms with van der Waals surface area (Å²) < 4.78 is 1.87. The molecule has 0 radical (unpaired) electrons. The van der Waals surface area contributed by atoms with Gasteiger partial charge in [-0.3, -0.25) is 9.48 Å². The van der Waals surface area contributed by atoms with Gasteiger partial charge in [0.1, 0.15) is 0 Å². The zero-order valence-electron chi connectivity index (χ0n) is 16.0. The monoisotopic (exact) mass is 339 g/mol. The van der Waals surface area contributed by atoms with Crippen LogP contribution >= 0.6 is 0 Å². The summed E-state index contributed by atoms with van der Waals surface area (Å²) in [6.45, 7) is 9.14. The number of aromatic nitrogens is 2. The van der Waals surface area contributed by atoms with E-state index in [1.807, 2.05) is 25.6 Å². The van der Waals surface area contributed by atoms with E-state index in [1.165, 1.54) is 11.1 Å². The first-order valence-electron chi connectivity index (χ1n) is 9.24. The van der Waals surface area contributed by atoms with E-state index in [0.29, 0.717) is 24.9 Å². The van der Waals surface area contributed by atoms with E-state index in [4.69, 9.17) is 0 Å². The fourth-order valence-corrected chi connectivity index (χ4v) is 3.34. The molecule has 1 fully saturated rings. The Morgan fingerprint density at radius 1 is 1.24 bits per heavy atom. The molecule has 4 heteroatoms. The molecule has 0 spiro atoms. The molecule has 1 aromatic carbocycles. The Morgan fingerprint density at radius 3 is 2.36 bits per heavy atom. The maximum atomic E-state index is 13.0. The minimum absolute atomic E-state index is 0.217. The lowest BCUT2D eigenvalue weighted by molar-refractivity contribution is -0.131. The van der Waals surface area contributed by atoms with Crippen LogP contribution in [0.3, 0.4) is 0 Å². The van der Waals surface area contributed by atoms with Gasteiger partial charge in [-0.1, -0.05) is 38.1 Å². The number of carbonyl (C=O) groups is 1. The normalized spacial score (nSPS) is 14.2. The van der Waals surface area contributed by atoms with E-state index < -0.39 is 0 Å². The second-order valence-electron chi connectivity index (χ2n) is 7.60. The van der Waals surface area contributed by atoms with Crippen LogP contribution in [0.25, 0.3) is 0 Å². The Morgan fingerprint density at radius 2 is 1.88 bits per heavy atom. The molecule has 1 aliphatic rings. The molecule has 1 amide bonds. The molecule has 134 valence electrons. The molecular weight excluding hydrogens is 310 g/mol.